The number of hydrogen-bond acceptors (Lipinski definition) is 4. The Bertz CT molecular complexity index is 476. The summed E-state index contributed by atoms with van der Waals surface area (Å²) in [5, 5.41) is 4.07. The van der Waals surface area contributed by atoms with Crippen LogP contribution in [-0.4, -0.2) is 30.8 Å². The van der Waals surface area contributed by atoms with Gasteiger partial charge in [-0.2, -0.15) is 5.10 Å². The highest BCUT2D eigenvalue weighted by atomic mass is 32.2. The first-order chi connectivity index (χ1) is 7.25. The van der Waals surface area contributed by atoms with Crippen molar-refractivity contribution in [3.05, 3.63) is 11.4 Å². The van der Waals surface area contributed by atoms with Crippen molar-refractivity contribution in [2.45, 2.75) is 31.7 Å². The van der Waals surface area contributed by atoms with Crippen LogP contribution < -0.4 is 10.5 Å². The van der Waals surface area contributed by atoms with E-state index in [0.29, 0.717) is 11.4 Å². The maximum absolute atomic E-state index is 12.0. The predicted molar refractivity (Wildman–Crippen MR) is 61.5 cm³/mol. The van der Waals surface area contributed by atoms with Crippen LogP contribution in [0.1, 0.15) is 18.3 Å². The van der Waals surface area contributed by atoms with Crippen molar-refractivity contribution in [2.24, 2.45) is 12.8 Å². The third kappa shape index (κ3) is 2.60. The normalized spacial score (nSPS) is 14.1. The summed E-state index contributed by atoms with van der Waals surface area (Å²) in [5.74, 6) is 0. The van der Waals surface area contributed by atoms with Crippen LogP contribution in [0.25, 0.3) is 0 Å². The maximum atomic E-state index is 12.0. The molecule has 6 nitrogen and oxygen atoms in total. The van der Waals surface area contributed by atoms with Crippen molar-refractivity contribution in [3.63, 3.8) is 0 Å². The van der Waals surface area contributed by atoms with E-state index in [1.165, 1.54) is 0 Å². The van der Waals surface area contributed by atoms with Gasteiger partial charge in [-0.3, -0.25) is 4.68 Å². The molecule has 0 fully saturated rings. The molecule has 0 spiro atoms. The molecule has 0 aliphatic carbocycles. The Hall–Kier alpha value is -0.920. The number of aromatic nitrogens is 2. The number of nitrogens with zero attached hydrogens (tertiary/aromatic N) is 2. The molecule has 1 heterocycles. The molecule has 0 radical (unpaired) electrons. The summed E-state index contributed by atoms with van der Waals surface area (Å²) in [4.78, 5) is 0.246. The molecule has 1 rings (SSSR count). The van der Waals surface area contributed by atoms with Gasteiger partial charge in [0.25, 0.3) is 0 Å². The molecule has 7 heteroatoms. The van der Waals surface area contributed by atoms with Gasteiger partial charge in [-0.1, -0.05) is 0 Å². The number of aryl methyl sites for hydroxylation is 2. The van der Waals surface area contributed by atoms with Gasteiger partial charge in [-0.15, -0.1) is 0 Å². The van der Waals surface area contributed by atoms with Gasteiger partial charge in [0, 0.05) is 19.6 Å². The first-order valence-corrected chi connectivity index (χ1v) is 6.49. The minimum atomic E-state index is -3.51. The molecular weight excluding hydrogens is 228 g/mol. The van der Waals surface area contributed by atoms with E-state index in [-0.39, 0.29) is 17.5 Å². The third-order valence-electron chi connectivity index (χ3n) is 2.31. The lowest BCUT2D eigenvalue weighted by atomic mass is 10.4. The van der Waals surface area contributed by atoms with Gasteiger partial charge in [0.15, 0.2) is 0 Å². The lowest BCUT2D eigenvalue weighted by Gasteiger charge is -2.09. The molecule has 0 aromatic carbocycles. The number of nitrogens with one attached hydrogen (secondary N) is 1. The molecule has 0 saturated carbocycles. The SMILES string of the molecule is Cc1nn(C)c(C)c1S(=O)(=O)NCC(C)N. The molecule has 0 amide bonds. The lowest BCUT2D eigenvalue weighted by Crippen LogP contribution is -2.35. The van der Waals surface area contributed by atoms with Crippen molar-refractivity contribution in [2.75, 3.05) is 6.54 Å². The van der Waals surface area contributed by atoms with E-state index in [4.69, 9.17) is 5.73 Å². The van der Waals surface area contributed by atoms with Crippen molar-refractivity contribution in [1.82, 2.24) is 14.5 Å². The van der Waals surface area contributed by atoms with Gasteiger partial charge in [-0.05, 0) is 20.8 Å². The Morgan fingerprint density at radius 2 is 2.06 bits per heavy atom. The van der Waals surface area contributed by atoms with Gasteiger partial charge in [0.1, 0.15) is 4.90 Å². The number of hydrogen-bond donors (Lipinski definition) is 2. The molecule has 0 bridgehead atoms. The molecule has 1 unspecified atom stereocenters. The van der Waals surface area contributed by atoms with Crippen LogP contribution in [0.2, 0.25) is 0 Å². The maximum Gasteiger partial charge on any atom is 0.244 e. The Labute approximate surface area is 95.9 Å². The summed E-state index contributed by atoms with van der Waals surface area (Å²) in [7, 11) is -1.79. The molecule has 3 N–H and O–H groups in total. The zero-order valence-electron chi connectivity index (χ0n) is 9.98. The number of sulfonamides is 1. The predicted octanol–water partition coefficient (Wildman–Crippen LogP) is -0.338. The van der Waals surface area contributed by atoms with E-state index >= 15 is 0 Å². The van der Waals surface area contributed by atoms with Crippen LogP contribution in [0.4, 0.5) is 0 Å². The van der Waals surface area contributed by atoms with Gasteiger partial charge < -0.3 is 5.73 Å². The molecule has 0 saturated heterocycles. The van der Waals surface area contributed by atoms with Crippen LogP contribution in [0.15, 0.2) is 4.90 Å². The highest BCUT2D eigenvalue weighted by molar-refractivity contribution is 7.89. The Kier molecular flexibility index (Phi) is 3.72. The summed E-state index contributed by atoms with van der Waals surface area (Å²) in [6.45, 7) is 5.36. The summed E-state index contributed by atoms with van der Waals surface area (Å²) in [6.07, 6.45) is 0. The van der Waals surface area contributed by atoms with E-state index in [9.17, 15) is 8.42 Å². The van der Waals surface area contributed by atoms with Crippen LogP contribution in [0.3, 0.4) is 0 Å². The molecule has 1 atom stereocenters. The van der Waals surface area contributed by atoms with Crippen molar-refractivity contribution >= 4 is 10.0 Å². The van der Waals surface area contributed by atoms with E-state index in [2.05, 4.69) is 9.82 Å². The highest BCUT2D eigenvalue weighted by Gasteiger charge is 2.23. The Morgan fingerprint density at radius 1 is 1.50 bits per heavy atom. The van der Waals surface area contributed by atoms with Gasteiger partial charge in [-0.25, -0.2) is 13.1 Å². The molecule has 0 aliphatic heterocycles. The van der Waals surface area contributed by atoms with Gasteiger partial charge >= 0.3 is 0 Å². The van der Waals surface area contributed by atoms with Crippen LogP contribution in [0, 0.1) is 13.8 Å². The third-order valence-corrected chi connectivity index (χ3v) is 3.98. The topological polar surface area (TPSA) is 90.0 Å². The molecular formula is C9H18N4O2S. The molecule has 92 valence electrons. The minimum Gasteiger partial charge on any atom is -0.327 e. The standard InChI is InChI=1S/C9H18N4O2S/c1-6(10)5-11-16(14,15)9-7(2)12-13(4)8(9)3/h6,11H,5,10H2,1-4H3. The van der Waals surface area contributed by atoms with Crippen LogP contribution in [-0.2, 0) is 17.1 Å². The van der Waals surface area contributed by atoms with Crippen molar-refractivity contribution < 1.29 is 8.42 Å². The van der Waals surface area contributed by atoms with Gasteiger partial charge in [0.05, 0.1) is 11.4 Å². The van der Waals surface area contributed by atoms with E-state index in [0.717, 1.165) is 0 Å². The fourth-order valence-corrected chi connectivity index (χ4v) is 3.03. The van der Waals surface area contributed by atoms with E-state index in [1.807, 2.05) is 0 Å². The molecule has 0 aliphatic rings. The van der Waals surface area contributed by atoms with Crippen molar-refractivity contribution in [1.29, 1.82) is 0 Å². The summed E-state index contributed by atoms with van der Waals surface area (Å²) < 4.78 is 28.0. The van der Waals surface area contributed by atoms with Crippen LogP contribution in [0.5, 0.6) is 0 Å². The van der Waals surface area contributed by atoms with Crippen LogP contribution >= 0.6 is 0 Å². The highest BCUT2D eigenvalue weighted by Crippen LogP contribution is 2.17. The molecule has 16 heavy (non-hydrogen) atoms. The summed E-state index contributed by atoms with van der Waals surface area (Å²) in [6, 6.07) is -0.216. The first kappa shape index (κ1) is 13.1. The van der Waals surface area contributed by atoms with Gasteiger partial charge in [0.2, 0.25) is 10.0 Å². The summed E-state index contributed by atoms with van der Waals surface area (Å²) in [5.41, 5.74) is 6.63. The zero-order valence-corrected chi connectivity index (χ0v) is 10.8. The Morgan fingerprint density at radius 3 is 2.44 bits per heavy atom. The number of nitrogens with two attached hydrogens (primary N) is 1. The molecule has 1 aromatic rings. The van der Waals surface area contributed by atoms with E-state index in [1.54, 1.807) is 32.5 Å². The average Bonchev–Trinajstić information content (AvgIpc) is 2.38. The smallest absolute Gasteiger partial charge is 0.244 e. The lowest BCUT2D eigenvalue weighted by molar-refractivity contribution is 0.572. The quantitative estimate of drug-likeness (QED) is 0.760. The average molecular weight is 246 g/mol. The Balaban J connectivity index is 3.08. The fraction of sp³-hybridized carbons (Fsp3) is 0.667. The monoisotopic (exact) mass is 246 g/mol. The second-order valence-electron chi connectivity index (χ2n) is 3.95. The molecule has 1 aromatic heterocycles. The zero-order chi connectivity index (χ0) is 12.5. The summed E-state index contributed by atoms with van der Waals surface area (Å²) >= 11 is 0. The number of rotatable bonds is 4. The first-order valence-electron chi connectivity index (χ1n) is 5.01. The second kappa shape index (κ2) is 4.52. The minimum absolute atomic E-state index is 0.216. The van der Waals surface area contributed by atoms with Crippen molar-refractivity contribution in [3.8, 4) is 0 Å². The second-order valence-corrected chi connectivity index (χ2v) is 5.66. The van der Waals surface area contributed by atoms with E-state index < -0.39 is 10.0 Å². The fourth-order valence-electron chi connectivity index (χ4n) is 1.46. The largest absolute Gasteiger partial charge is 0.327 e.